The Kier molecular flexibility index (Phi) is 4.32. The van der Waals surface area contributed by atoms with Crippen LogP contribution in [0, 0.1) is 23.2 Å². The first kappa shape index (κ1) is 17.6. The van der Waals surface area contributed by atoms with Gasteiger partial charge < -0.3 is 9.84 Å². The smallest absolute Gasteiger partial charge is 0.305 e. The molecule has 2 fully saturated rings. The number of methoxy groups -OCH3 is 1. The van der Waals surface area contributed by atoms with E-state index in [-0.39, 0.29) is 17.3 Å². The Morgan fingerprint density at radius 2 is 2.15 bits per heavy atom. The molecule has 1 N–H and O–H groups in total. The number of carbonyl (C=O) groups excluding carboxylic acids is 2. The van der Waals surface area contributed by atoms with Crippen LogP contribution in [0.2, 0.25) is 0 Å². The monoisotopic (exact) mass is 356 g/mol. The molecule has 0 radical (unpaired) electrons. The van der Waals surface area contributed by atoms with Gasteiger partial charge in [-0.2, -0.15) is 0 Å². The number of benzene rings is 1. The zero-order valence-electron chi connectivity index (χ0n) is 15.7. The van der Waals surface area contributed by atoms with Crippen molar-refractivity contribution in [3.05, 3.63) is 29.3 Å². The highest BCUT2D eigenvalue weighted by molar-refractivity contribution is 5.87. The van der Waals surface area contributed by atoms with Gasteiger partial charge in [0.1, 0.15) is 11.5 Å². The molecule has 0 aliphatic heterocycles. The normalized spacial score (nSPS) is 35.4. The van der Waals surface area contributed by atoms with Gasteiger partial charge >= 0.3 is 5.97 Å². The van der Waals surface area contributed by atoms with Crippen molar-refractivity contribution in [2.24, 2.45) is 23.2 Å². The summed E-state index contributed by atoms with van der Waals surface area (Å²) in [6.07, 6.45) is 5.80. The van der Waals surface area contributed by atoms with Crippen LogP contribution in [0.5, 0.6) is 5.75 Å². The second-order valence-electron chi connectivity index (χ2n) is 8.68. The summed E-state index contributed by atoms with van der Waals surface area (Å²) in [4.78, 5) is 24.5. The molecule has 0 aromatic heterocycles. The first-order valence-corrected chi connectivity index (χ1v) is 9.86. The van der Waals surface area contributed by atoms with Crippen molar-refractivity contribution in [2.45, 2.75) is 57.8 Å². The topological polar surface area (TPSA) is 63.6 Å². The summed E-state index contributed by atoms with van der Waals surface area (Å²) in [5.41, 5.74) is 2.41. The number of phenols is 1. The highest BCUT2D eigenvalue weighted by Gasteiger charge is 2.58. The number of rotatable bonds is 3. The van der Waals surface area contributed by atoms with Crippen LogP contribution in [0.1, 0.15) is 62.5 Å². The van der Waals surface area contributed by atoms with E-state index in [0.717, 1.165) is 32.1 Å². The molecule has 0 amide bonds. The molecular weight excluding hydrogens is 328 g/mol. The van der Waals surface area contributed by atoms with Crippen molar-refractivity contribution in [2.75, 3.05) is 7.11 Å². The number of Topliss-reactive ketones (excluding diaryl/α,β-unsaturated/α-hetero) is 1. The van der Waals surface area contributed by atoms with Crippen molar-refractivity contribution in [1.82, 2.24) is 0 Å². The molecule has 4 heteroatoms. The van der Waals surface area contributed by atoms with E-state index in [4.69, 9.17) is 4.74 Å². The minimum atomic E-state index is -0.226. The van der Waals surface area contributed by atoms with Crippen LogP contribution in [0.15, 0.2) is 18.2 Å². The average molecular weight is 356 g/mol. The third kappa shape index (κ3) is 2.65. The van der Waals surface area contributed by atoms with E-state index in [9.17, 15) is 14.7 Å². The highest BCUT2D eigenvalue weighted by atomic mass is 16.5. The van der Waals surface area contributed by atoms with Crippen molar-refractivity contribution < 1.29 is 19.4 Å². The van der Waals surface area contributed by atoms with Crippen LogP contribution in [-0.2, 0) is 20.7 Å². The quantitative estimate of drug-likeness (QED) is 0.832. The number of aryl methyl sites for hydroxylation is 1. The molecule has 1 aromatic carbocycles. The van der Waals surface area contributed by atoms with Crippen LogP contribution in [0.4, 0.5) is 0 Å². The number of carbonyl (C=O) groups is 2. The highest BCUT2D eigenvalue weighted by Crippen LogP contribution is 2.62. The molecule has 0 spiro atoms. The van der Waals surface area contributed by atoms with Crippen LogP contribution in [-0.4, -0.2) is 24.0 Å². The van der Waals surface area contributed by atoms with E-state index in [0.29, 0.717) is 42.1 Å². The number of hydrogen-bond donors (Lipinski definition) is 1. The summed E-state index contributed by atoms with van der Waals surface area (Å²) in [5.74, 6) is 2.19. The number of fused-ring (bicyclic) bond motifs is 5. The summed E-state index contributed by atoms with van der Waals surface area (Å²) in [6, 6.07) is 5.79. The minimum absolute atomic E-state index is 0.178. The zero-order valence-corrected chi connectivity index (χ0v) is 15.7. The molecule has 4 nitrogen and oxygen atoms in total. The molecule has 5 unspecified atom stereocenters. The van der Waals surface area contributed by atoms with E-state index < -0.39 is 0 Å². The molecule has 4 rings (SSSR count). The van der Waals surface area contributed by atoms with Gasteiger partial charge in [0.05, 0.1) is 7.11 Å². The van der Waals surface area contributed by atoms with Gasteiger partial charge in [-0.15, -0.1) is 0 Å². The Morgan fingerprint density at radius 3 is 2.92 bits per heavy atom. The zero-order chi connectivity index (χ0) is 18.5. The summed E-state index contributed by atoms with van der Waals surface area (Å²) in [5, 5.41) is 9.81. The summed E-state index contributed by atoms with van der Waals surface area (Å²) < 4.78 is 4.81. The second-order valence-corrected chi connectivity index (χ2v) is 8.68. The molecular formula is C22H28O4. The van der Waals surface area contributed by atoms with Crippen LogP contribution >= 0.6 is 0 Å². The molecule has 2 saturated carbocycles. The lowest BCUT2D eigenvalue weighted by Gasteiger charge is -2.50. The molecule has 5 atom stereocenters. The summed E-state index contributed by atoms with van der Waals surface area (Å²) in [6.45, 7) is 2.17. The molecule has 26 heavy (non-hydrogen) atoms. The number of esters is 1. The number of phenolic OH excluding ortho intramolecular Hbond substituents is 1. The van der Waals surface area contributed by atoms with Gasteiger partial charge in [0, 0.05) is 18.3 Å². The van der Waals surface area contributed by atoms with Gasteiger partial charge in [-0.25, -0.2) is 0 Å². The van der Waals surface area contributed by atoms with Crippen LogP contribution in [0.3, 0.4) is 0 Å². The maximum absolute atomic E-state index is 12.9. The van der Waals surface area contributed by atoms with Gasteiger partial charge in [-0.05, 0) is 79.0 Å². The second kappa shape index (κ2) is 6.40. The third-order valence-electron chi connectivity index (χ3n) is 7.50. The fraction of sp³-hybridized carbons (Fsp3) is 0.636. The minimum Gasteiger partial charge on any atom is -0.508 e. The predicted molar refractivity (Wildman–Crippen MR) is 97.9 cm³/mol. The number of ketones is 1. The molecule has 0 saturated heterocycles. The van der Waals surface area contributed by atoms with Gasteiger partial charge in [-0.3, -0.25) is 9.59 Å². The first-order valence-electron chi connectivity index (χ1n) is 9.86. The molecule has 0 bridgehead atoms. The third-order valence-corrected chi connectivity index (χ3v) is 7.50. The van der Waals surface area contributed by atoms with E-state index in [1.54, 1.807) is 6.07 Å². The Morgan fingerprint density at radius 1 is 1.35 bits per heavy atom. The van der Waals surface area contributed by atoms with Crippen molar-refractivity contribution in [3.63, 3.8) is 0 Å². The average Bonchev–Trinajstić information content (AvgIpc) is 2.89. The largest absolute Gasteiger partial charge is 0.508 e. The molecule has 3 aliphatic rings. The van der Waals surface area contributed by atoms with Gasteiger partial charge in [0.15, 0.2) is 0 Å². The number of ether oxygens (including phenoxy) is 1. The van der Waals surface area contributed by atoms with Crippen molar-refractivity contribution in [1.29, 1.82) is 0 Å². The van der Waals surface area contributed by atoms with E-state index in [2.05, 4.69) is 13.0 Å². The maximum Gasteiger partial charge on any atom is 0.305 e. The standard InChI is InChI=1S/C22H28O4/c1-22-10-9-17-16-7-5-15(23)11-13(16)3-6-18(17)21(22)14(12-19(22)24)4-8-20(25)26-2/h5,7,11,14,17-18,21,23H,3-4,6,8-10,12H2,1-2H3. The summed E-state index contributed by atoms with van der Waals surface area (Å²) in [7, 11) is 1.43. The van der Waals surface area contributed by atoms with Crippen LogP contribution < -0.4 is 0 Å². The van der Waals surface area contributed by atoms with E-state index in [1.807, 2.05) is 6.07 Å². The molecule has 140 valence electrons. The van der Waals surface area contributed by atoms with Crippen molar-refractivity contribution in [3.8, 4) is 5.75 Å². The Hall–Kier alpha value is -1.84. The van der Waals surface area contributed by atoms with Gasteiger partial charge in [0.25, 0.3) is 0 Å². The molecule has 3 aliphatic carbocycles. The fourth-order valence-corrected chi connectivity index (χ4v) is 6.30. The number of aromatic hydroxyl groups is 1. The van der Waals surface area contributed by atoms with Gasteiger partial charge in [-0.1, -0.05) is 13.0 Å². The summed E-state index contributed by atoms with van der Waals surface area (Å²) >= 11 is 0. The first-order chi connectivity index (χ1) is 12.4. The lowest BCUT2D eigenvalue weighted by Crippen LogP contribution is -2.44. The predicted octanol–water partition coefficient (Wildman–Crippen LogP) is 4.00. The van der Waals surface area contributed by atoms with Gasteiger partial charge in [0.2, 0.25) is 0 Å². The maximum atomic E-state index is 12.9. The van der Waals surface area contributed by atoms with E-state index in [1.165, 1.54) is 18.2 Å². The lowest BCUT2D eigenvalue weighted by atomic mass is 9.54. The Bertz CT molecular complexity index is 740. The lowest BCUT2D eigenvalue weighted by molar-refractivity contribution is -0.141. The molecule has 1 aromatic rings. The Labute approximate surface area is 154 Å². The molecule has 0 heterocycles. The van der Waals surface area contributed by atoms with E-state index >= 15 is 0 Å². The fourth-order valence-electron chi connectivity index (χ4n) is 6.30. The van der Waals surface area contributed by atoms with Crippen molar-refractivity contribution >= 4 is 11.8 Å². The Balaban J connectivity index is 1.63. The number of hydrogen-bond acceptors (Lipinski definition) is 4. The van der Waals surface area contributed by atoms with Crippen LogP contribution in [0.25, 0.3) is 0 Å². The SMILES string of the molecule is COC(=O)CCC1CC(=O)C2(C)CCC3c4ccc(O)cc4CCC3C12.